The molecule has 22 heavy (non-hydrogen) atoms. The number of carbonyl (C=O) groups is 1. The number of ether oxygens (including phenoxy) is 1. The molecule has 2 atom stereocenters. The van der Waals surface area contributed by atoms with Crippen molar-refractivity contribution >= 4 is 28.9 Å². The molecule has 0 bridgehead atoms. The number of nitrogens with zero attached hydrogens (tertiary/aromatic N) is 1. The van der Waals surface area contributed by atoms with E-state index in [2.05, 4.69) is 12.2 Å². The summed E-state index contributed by atoms with van der Waals surface area (Å²) in [6.07, 6.45) is 4.91. The van der Waals surface area contributed by atoms with Crippen molar-refractivity contribution < 1.29 is 9.53 Å². The molecular formula is C17H25ClN2O2. The first kappa shape index (κ1) is 17.1. The SMILES string of the molecule is C[C@H]1CCCC[C@H]1OCC(=O)Nc1ccc(N(C)C)c(Cl)c1. The summed E-state index contributed by atoms with van der Waals surface area (Å²) in [5.41, 5.74) is 1.62. The maximum Gasteiger partial charge on any atom is 0.250 e. The van der Waals surface area contributed by atoms with E-state index in [0.29, 0.717) is 16.6 Å². The molecule has 0 spiro atoms. The van der Waals surface area contributed by atoms with Gasteiger partial charge in [-0.3, -0.25) is 4.79 Å². The van der Waals surface area contributed by atoms with Gasteiger partial charge in [0, 0.05) is 19.8 Å². The van der Waals surface area contributed by atoms with E-state index < -0.39 is 0 Å². The molecule has 0 radical (unpaired) electrons. The predicted octanol–water partition coefficient (Wildman–Crippen LogP) is 3.94. The minimum absolute atomic E-state index is 0.0993. The second-order valence-electron chi connectivity index (χ2n) is 6.22. The van der Waals surface area contributed by atoms with E-state index in [9.17, 15) is 4.79 Å². The fourth-order valence-corrected chi connectivity index (χ4v) is 3.21. The van der Waals surface area contributed by atoms with E-state index >= 15 is 0 Å². The van der Waals surface area contributed by atoms with E-state index in [1.807, 2.05) is 31.1 Å². The van der Waals surface area contributed by atoms with E-state index in [0.717, 1.165) is 12.1 Å². The Labute approximate surface area is 137 Å². The molecule has 1 saturated carbocycles. The first-order valence-electron chi connectivity index (χ1n) is 7.85. The van der Waals surface area contributed by atoms with Crippen molar-refractivity contribution in [3.63, 3.8) is 0 Å². The van der Waals surface area contributed by atoms with Crippen LogP contribution in [0.15, 0.2) is 18.2 Å². The Hall–Kier alpha value is -1.26. The maximum atomic E-state index is 12.0. The van der Waals surface area contributed by atoms with Crippen LogP contribution < -0.4 is 10.2 Å². The lowest BCUT2D eigenvalue weighted by Gasteiger charge is -2.28. The quantitative estimate of drug-likeness (QED) is 0.892. The first-order valence-corrected chi connectivity index (χ1v) is 8.23. The Bertz CT molecular complexity index is 519. The number of hydrogen-bond donors (Lipinski definition) is 1. The van der Waals surface area contributed by atoms with Gasteiger partial charge in [0.1, 0.15) is 6.61 Å². The third-order valence-corrected chi connectivity index (χ3v) is 4.48. The summed E-state index contributed by atoms with van der Waals surface area (Å²) in [4.78, 5) is 13.9. The molecule has 1 aromatic rings. The Kier molecular flexibility index (Phi) is 6.09. The van der Waals surface area contributed by atoms with Gasteiger partial charge in [0.25, 0.3) is 0 Å². The molecule has 1 fully saturated rings. The zero-order chi connectivity index (χ0) is 16.1. The molecule has 1 aliphatic carbocycles. The van der Waals surface area contributed by atoms with Gasteiger partial charge in [-0.15, -0.1) is 0 Å². The number of rotatable bonds is 5. The lowest BCUT2D eigenvalue weighted by molar-refractivity contribution is -0.124. The van der Waals surface area contributed by atoms with E-state index in [1.54, 1.807) is 6.07 Å². The van der Waals surface area contributed by atoms with Gasteiger partial charge in [0.05, 0.1) is 16.8 Å². The molecule has 0 heterocycles. The summed E-state index contributed by atoms with van der Waals surface area (Å²) in [5.74, 6) is 0.404. The van der Waals surface area contributed by atoms with Crippen LogP contribution in [0, 0.1) is 5.92 Å². The fraction of sp³-hybridized carbons (Fsp3) is 0.588. The first-order chi connectivity index (χ1) is 10.5. The van der Waals surface area contributed by atoms with E-state index in [1.165, 1.54) is 19.3 Å². The molecule has 1 aliphatic rings. The standard InChI is InChI=1S/C17H25ClN2O2/c1-12-6-4-5-7-16(12)22-11-17(21)19-13-8-9-15(20(2)3)14(18)10-13/h8-10,12,16H,4-7,11H2,1-3H3,(H,19,21)/t12-,16+/m0/s1. The Morgan fingerprint density at radius 1 is 1.36 bits per heavy atom. The van der Waals surface area contributed by atoms with Crippen LogP contribution in [0.4, 0.5) is 11.4 Å². The molecular weight excluding hydrogens is 300 g/mol. The summed E-state index contributed by atoms with van der Waals surface area (Å²) in [6, 6.07) is 5.50. The summed E-state index contributed by atoms with van der Waals surface area (Å²) >= 11 is 6.20. The number of hydrogen-bond acceptors (Lipinski definition) is 3. The largest absolute Gasteiger partial charge is 0.376 e. The second-order valence-corrected chi connectivity index (χ2v) is 6.63. The number of amides is 1. The topological polar surface area (TPSA) is 41.6 Å². The third kappa shape index (κ3) is 4.62. The number of benzene rings is 1. The average Bonchev–Trinajstić information content (AvgIpc) is 2.46. The van der Waals surface area contributed by atoms with Crippen molar-refractivity contribution in [1.82, 2.24) is 0 Å². The Morgan fingerprint density at radius 3 is 2.73 bits per heavy atom. The van der Waals surface area contributed by atoms with Crippen molar-refractivity contribution in [2.24, 2.45) is 5.92 Å². The van der Waals surface area contributed by atoms with Gasteiger partial charge in [0.2, 0.25) is 5.91 Å². The minimum Gasteiger partial charge on any atom is -0.376 e. The molecule has 122 valence electrons. The van der Waals surface area contributed by atoms with Crippen LogP contribution in [0.2, 0.25) is 5.02 Å². The molecule has 2 rings (SSSR count). The van der Waals surface area contributed by atoms with Crippen LogP contribution in [0.25, 0.3) is 0 Å². The van der Waals surface area contributed by atoms with Gasteiger partial charge in [-0.2, -0.15) is 0 Å². The van der Waals surface area contributed by atoms with Crippen LogP contribution >= 0.6 is 11.6 Å². The van der Waals surface area contributed by atoms with Crippen LogP contribution in [0.5, 0.6) is 0 Å². The molecule has 4 nitrogen and oxygen atoms in total. The molecule has 0 aliphatic heterocycles. The second kappa shape index (κ2) is 7.84. The van der Waals surface area contributed by atoms with Crippen LogP contribution in [-0.2, 0) is 9.53 Å². The van der Waals surface area contributed by atoms with E-state index in [4.69, 9.17) is 16.3 Å². The smallest absolute Gasteiger partial charge is 0.250 e. The molecule has 0 saturated heterocycles. The highest BCUT2D eigenvalue weighted by molar-refractivity contribution is 6.33. The molecule has 1 N–H and O–H groups in total. The monoisotopic (exact) mass is 324 g/mol. The zero-order valence-corrected chi connectivity index (χ0v) is 14.3. The van der Waals surface area contributed by atoms with Crippen LogP contribution in [-0.4, -0.2) is 32.7 Å². The van der Waals surface area contributed by atoms with Gasteiger partial charge in [-0.25, -0.2) is 0 Å². The summed E-state index contributed by atoms with van der Waals surface area (Å²) in [6.45, 7) is 2.30. The highest BCUT2D eigenvalue weighted by atomic mass is 35.5. The Balaban J connectivity index is 1.85. The van der Waals surface area contributed by atoms with Gasteiger partial charge in [0.15, 0.2) is 0 Å². The summed E-state index contributed by atoms with van der Waals surface area (Å²) in [7, 11) is 3.86. The van der Waals surface area contributed by atoms with Gasteiger partial charge in [-0.05, 0) is 37.0 Å². The van der Waals surface area contributed by atoms with Crippen molar-refractivity contribution in [3.8, 4) is 0 Å². The normalized spacial score (nSPS) is 21.5. The van der Waals surface area contributed by atoms with E-state index in [-0.39, 0.29) is 18.6 Å². The highest BCUT2D eigenvalue weighted by Crippen LogP contribution is 2.28. The molecule has 5 heteroatoms. The van der Waals surface area contributed by atoms with Crippen LogP contribution in [0.1, 0.15) is 32.6 Å². The van der Waals surface area contributed by atoms with Gasteiger partial charge in [-0.1, -0.05) is 31.4 Å². The van der Waals surface area contributed by atoms with Crippen LogP contribution in [0.3, 0.4) is 0 Å². The number of anilines is 2. The van der Waals surface area contributed by atoms with Gasteiger partial charge >= 0.3 is 0 Å². The van der Waals surface area contributed by atoms with Crippen molar-refractivity contribution in [2.45, 2.75) is 38.7 Å². The summed E-state index contributed by atoms with van der Waals surface area (Å²) in [5, 5.41) is 3.45. The van der Waals surface area contributed by atoms with Gasteiger partial charge < -0.3 is 15.0 Å². The third-order valence-electron chi connectivity index (χ3n) is 4.17. The molecule has 1 amide bonds. The fourth-order valence-electron chi connectivity index (χ4n) is 2.86. The average molecular weight is 325 g/mol. The molecule has 0 unspecified atom stereocenters. The highest BCUT2D eigenvalue weighted by Gasteiger charge is 2.22. The lowest BCUT2D eigenvalue weighted by atomic mass is 9.88. The number of nitrogens with one attached hydrogen (secondary N) is 1. The zero-order valence-electron chi connectivity index (χ0n) is 13.6. The molecule has 1 aromatic carbocycles. The number of halogens is 1. The maximum absolute atomic E-state index is 12.0. The molecule has 0 aromatic heterocycles. The minimum atomic E-state index is -0.133. The van der Waals surface area contributed by atoms with Crippen molar-refractivity contribution in [2.75, 3.05) is 30.9 Å². The number of carbonyl (C=O) groups excluding carboxylic acids is 1. The Morgan fingerprint density at radius 2 is 2.09 bits per heavy atom. The predicted molar refractivity (Wildman–Crippen MR) is 91.8 cm³/mol. The van der Waals surface area contributed by atoms with Crippen molar-refractivity contribution in [1.29, 1.82) is 0 Å². The van der Waals surface area contributed by atoms with Crippen molar-refractivity contribution in [3.05, 3.63) is 23.2 Å². The summed E-state index contributed by atoms with van der Waals surface area (Å²) < 4.78 is 5.77. The lowest BCUT2D eigenvalue weighted by Crippen LogP contribution is -2.29.